The van der Waals surface area contributed by atoms with Gasteiger partial charge in [0.05, 0.1) is 5.56 Å². The van der Waals surface area contributed by atoms with E-state index in [1.165, 1.54) is 11.1 Å². The molecule has 1 aromatic heterocycles. The summed E-state index contributed by atoms with van der Waals surface area (Å²) < 4.78 is 39.6. The number of rotatable bonds is 4. The van der Waals surface area contributed by atoms with Crippen LogP contribution in [0.5, 0.6) is 0 Å². The Hall–Kier alpha value is -1.67. The van der Waals surface area contributed by atoms with Crippen molar-refractivity contribution in [2.45, 2.75) is 19.1 Å². The van der Waals surface area contributed by atoms with E-state index >= 15 is 0 Å². The number of nitrogens with one attached hydrogen (secondary N) is 2. The third-order valence-electron chi connectivity index (χ3n) is 3.56. The van der Waals surface area contributed by atoms with Gasteiger partial charge in [0.25, 0.3) is 5.91 Å². The van der Waals surface area contributed by atoms with E-state index in [2.05, 4.69) is 15.6 Å². The van der Waals surface area contributed by atoms with Crippen molar-refractivity contribution in [1.29, 1.82) is 0 Å². The third-order valence-corrected chi connectivity index (χ3v) is 3.56. The lowest BCUT2D eigenvalue weighted by Gasteiger charge is -2.35. The summed E-state index contributed by atoms with van der Waals surface area (Å²) >= 11 is 0. The lowest BCUT2D eigenvalue weighted by atomic mass is 10.1. The van der Waals surface area contributed by atoms with Gasteiger partial charge >= 0.3 is 6.18 Å². The van der Waals surface area contributed by atoms with Crippen molar-refractivity contribution in [3.8, 4) is 0 Å². The molecule has 0 aliphatic carbocycles. The van der Waals surface area contributed by atoms with Crippen molar-refractivity contribution < 1.29 is 18.0 Å². The van der Waals surface area contributed by atoms with Crippen LogP contribution >= 0.6 is 0 Å². The number of nitrogens with zero attached hydrogens (tertiary/aromatic N) is 2. The van der Waals surface area contributed by atoms with Crippen LogP contribution in [0.15, 0.2) is 18.5 Å². The molecule has 0 saturated carbocycles. The summed E-state index contributed by atoms with van der Waals surface area (Å²) in [4.78, 5) is 17.2. The first-order valence-corrected chi connectivity index (χ1v) is 7.09. The largest absolute Gasteiger partial charge is 0.405 e. The number of carbonyl (C=O) groups excluding carboxylic acids is 1. The van der Waals surface area contributed by atoms with Gasteiger partial charge in [-0.05, 0) is 18.6 Å². The lowest BCUT2D eigenvalue weighted by Crippen LogP contribution is -2.57. The number of hydrogen-bond donors (Lipinski definition) is 2. The Morgan fingerprint density at radius 1 is 1.41 bits per heavy atom. The van der Waals surface area contributed by atoms with E-state index in [0.717, 1.165) is 5.56 Å². The van der Waals surface area contributed by atoms with Crippen molar-refractivity contribution >= 4 is 5.91 Å². The summed E-state index contributed by atoms with van der Waals surface area (Å²) in [7, 11) is 0. The highest BCUT2D eigenvalue weighted by atomic mass is 19.4. The van der Waals surface area contributed by atoms with Crippen LogP contribution in [0.4, 0.5) is 13.2 Å². The fourth-order valence-corrected chi connectivity index (χ4v) is 2.42. The van der Waals surface area contributed by atoms with Gasteiger partial charge in [-0.25, -0.2) is 0 Å². The second kappa shape index (κ2) is 7.06. The highest BCUT2D eigenvalue weighted by Crippen LogP contribution is 2.24. The van der Waals surface area contributed by atoms with Gasteiger partial charge in [-0.2, -0.15) is 13.2 Å². The molecule has 1 saturated heterocycles. The molecular weight excluding hydrogens is 297 g/mol. The molecule has 0 bridgehead atoms. The predicted octanol–water partition coefficient (Wildman–Crippen LogP) is 0.956. The molecule has 122 valence electrons. The molecule has 0 spiro atoms. The van der Waals surface area contributed by atoms with Gasteiger partial charge < -0.3 is 10.6 Å². The van der Waals surface area contributed by atoms with Crippen LogP contribution < -0.4 is 10.6 Å². The number of aromatic nitrogens is 1. The lowest BCUT2D eigenvalue weighted by molar-refractivity contribution is -0.183. The van der Waals surface area contributed by atoms with E-state index in [9.17, 15) is 18.0 Å². The average molecular weight is 316 g/mol. The summed E-state index contributed by atoms with van der Waals surface area (Å²) in [5.74, 6) is -0.541. The van der Waals surface area contributed by atoms with Crippen molar-refractivity contribution in [3.05, 3.63) is 29.6 Å². The molecule has 1 atom stereocenters. The summed E-state index contributed by atoms with van der Waals surface area (Å²) in [6, 6.07) is -0.0771. The normalized spacial score (nSPS) is 18.0. The van der Waals surface area contributed by atoms with Crippen LogP contribution in [0.2, 0.25) is 0 Å². The minimum Gasteiger partial charge on any atom is -0.350 e. The Morgan fingerprint density at radius 2 is 2.09 bits per heavy atom. The zero-order chi connectivity index (χ0) is 16.2. The van der Waals surface area contributed by atoms with Gasteiger partial charge in [-0.15, -0.1) is 0 Å². The zero-order valence-corrected chi connectivity index (χ0v) is 12.3. The van der Waals surface area contributed by atoms with Gasteiger partial charge in [-0.1, -0.05) is 0 Å². The van der Waals surface area contributed by atoms with Crippen LogP contribution in [-0.2, 0) is 0 Å². The van der Waals surface area contributed by atoms with E-state index in [-0.39, 0.29) is 5.56 Å². The van der Waals surface area contributed by atoms with Crippen molar-refractivity contribution in [3.63, 3.8) is 0 Å². The summed E-state index contributed by atoms with van der Waals surface area (Å²) in [6.07, 6.45) is -1.46. The van der Waals surface area contributed by atoms with Crippen LogP contribution in [-0.4, -0.2) is 60.7 Å². The number of alkyl halides is 3. The van der Waals surface area contributed by atoms with Gasteiger partial charge in [0.2, 0.25) is 0 Å². The summed E-state index contributed by atoms with van der Waals surface area (Å²) in [6.45, 7) is 2.96. The molecule has 0 aromatic carbocycles. The van der Waals surface area contributed by atoms with Crippen LogP contribution in [0.25, 0.3) is 0 Å². The molecule has 5 nitrogen and oxygen atoms in total. The van der Waals surface area contributed by atoms with Gasteiger partial charge in [0.15, 0.2) is 0 Å². The highest BCUT2D eigenvalue weighted by Gasteiger charge is 2.43. The van der Waals surface area contributed by atoms with E-state index in [1.54, 1.807) is 19.2 Å². The molecular formula is C14H19F3N4O. The smallest absolute Gasteiger partial charge is 0.350 e. The van der Waals surface area contributed by atoms with Crippen molar-refractivity contribution in [2.24, 2.45) is 0 Å². The highest BCUT2D eigenvalue weighted by molar-refractivity contribution is 5.94. The SMILES string of the molecule is Cc1cncc(C(=O)NCC(N2CCNCC2)C(F)(F)F)c1. The van der Waals surface area contributed by atoms with E-state index in [0.29, 0.717) is 26.2 Å². The molecule has 1 aliphatic heterocycles. The average Bonchev–Trinajstić information content (AvgIpc) is 2.47. The minimum atomic E-state index is -4.38. The summed E-state index contributed by atoms with van der Waals surface area (Å²) in [5.41, 5.74) is 1.04. The van der Waals surface area contributed by atoms with Crippen LogP contribution in [0, 0.1) is 6.92 Å². The molecule has 2 rings (SSSR count). The maximum atomic E-state index is 13.2. The molecule has 1 amide bonds. The number of hydrogen-bond acceptors (Lipinski definition) is 4. The fraction of sp³-hybridized carbons (Fsp3) is 0.571. The second-order valence-electron chi connectivity index (χ2n) is 5.30. The quantitative estimate of drug-likeness (QED) is 0.869. The molecule has 1 fully saturated rings. The van der Waals surface area contributed by atoms with Crippen LogP contribution in [0.3, 0.4) is 0 Å². The van der Waals surface area contributed by atoms with E-state index < -0.39 is 24.7 Å². The maximum absolute atomic E-state index is 13.2. The number of pyridine rings is 1. The minimum absolute atomic E-state index is 0.265. The van der Waals surface area contributed by atoms with E-state index in [1.807, 2.05) is 0 Å². The number of piperazine rings is 1. The Bertz CT molecular complexity index is 515. The first-order valence-electron chi connectivity index (χ1n) is 7.09. The van der Waals surface area contributed by atoms with Gasteiger partial charge in [-0.3, -0.25) is 14.7 Å². The Balaban J connectivity index is 2.00. The molecule has 1 unspecified atom stereocenters. The number of halogens is 3. The summed E-state index contributed by atoms with van der Waals surface area (Å²) in [5, 5.41) is 5.38. The maximum Gasteiger partial charge on any atom is 0.405 e. The monoisotopic (exact) mass is 316 g/mol. The Labute approximate surface area is 126 Å². The topological polar surface area (TPSA) is 57.3 Å². The standard InChI is InChI=1S/C14H19F3N4O/c1-10-6-11(8-19-7-10)13(22)20-9-12(14(15,16)17)21-4-2-18-3-5-21/h6-8,12,18H,2-5,9H2,1H3,(H,20,22). The number of amides is 1. The molecule has 22 heavy (non-hydrogen) atoms. The van der Waals surface area contributed by atoms with Gasteiger partial charge in [0.1, 0.15) is 6.04 Å². The first-order chi connectivity index (χ1) is 10.4. The van der Waals surface area contributed by atoms with Gasteiger partial charge in [0, 0.05) is 45.1 Å². The Morgan fingerprint density at radius 3 is 2.68 bits per heavy atom. The van der Waals surface area contributed by atoms with Crippen molar-refractivity contribution in [2.75, 3.05) is 32.7 Å². The first kappa shape index (κ1) is 16.7. The Kier molecular flexibility index (Phi) is 5.36. The molecule has 0 radical (unpaired) electrons. The fourth-order valence-electron chi connectivity index (χ4n) is 2.42. The molecule has 1 aliphatic rings. The van der Waals surface area contributed by atoms with Crippen molar-refractivity contribution in [1.82, 2.24) is 20.5 Å². The number of aryl methyl sites for hydroxylation is 1. The molecule has 2 N–H and O–H groups in total. The zero-order valence-electron chi connectivity index (χ0n) is 12.3. The third kappa shape index (κ3) is 4.41. The molecule has 2 heterocycles. The predicted molar refractivity (Wildman–Crippen MR) is 75.6 cm³/mol. The number of carbonyl (C=O) groups is 1. The second-order valence-corrected chi connectivity index (χ2v) is 5.30. The molecule has 1 aromatic rings. The van der Waals surface area contributed by atoms with Crippen LogP contribution in [0.1, 0.15) is 15.9 Å². The molecule has 8 heteroatoms. The van der Waals surface area contributed by atoms with E-state index in [4.69, 9.17) is 0 Å².